The zero-order valence-corrected chi connectivity index (χ0v) is 27.2. The fraction of sp³-hybridized carbons (Fsp3) is 0.378. The molecule has 1 heterocycles. The Hall–Kier alpha value is -3.96. The lowest BCUT2D eigenvalue weighted by atomic mass is 9.99. The highest BCUT2D eigenvalue weighted by molar-refractivity contribution is 7.98. The van der Waals surface area contributed by atoms with Gasteiger partial charge in [-0.15, -0.1) is 0 Å². The summed E-state index contributed by atoms with van der Waals surface area (Å²) in [6.07, 6.45) is -3.54. The molecule has 1 unspecified atom stereocenters. The molecule has 0 bridgehead atoms. The van der Waals surface area contributed by atoms with Crippen LogP contribution in [0.4, 0.5) is 17.6 Å². The van der Waals surface area contributed by atoms with E-state index in [1.165, 1.54) is 35.8 Å². The van der Waals surface area contributed by atoms with Gasteiger partial charge in [-0.2, -0.15) is 18.2 Å². The number of amides is 1. The Bertz CT molecular complexity index is 2260. The molecule has 11 heteroatoms. The molecule has 1 aliphatic carbocycles. The van der Waals surface area contributed by atoms with Crippen molar-refractivity contribution in [2.45, 2.75) is 69.6 Å². The molecule has 48 heavy (non-hydrogen) atoms. The van der Waals surface area contributed by atoms with Crippen molar-refractivity contribution >= 4 is 17.7 Å². The Morgan fingerprint density at radius 1 is 1.02 bits per heavy atom. The highest BCUT2D eigenvalue weighted by Crippen LogP contribution is 2.32. The van der Waals surface area contributed by atoms with Crippen LogP contribution in [0, 0.1) is 5.82 Å². The van der Waals surface area contributed by atoms with Crippen LogP contribution in [0.1, 0.15) is 76.2 Å². The molecule has 0 N–H and O–H groups in total. The number of halogens is 4. The van der Waals surface area contributed by atoms with Gasteiger partial charge in [-0.3, -0.25) is 9.59 Å². The Morgan fingerprint density at radius 2 is 1.65 bits per heavy atom. The van der Waals surface area contributed by atoms with E-state index in [0.29, 0.717) is 23.2 Å². The van der Waals surface area contributed by atoms with E-state index in [1.807, 2.05) is 0 Å². The average molecular weight is 692 g/mol. The third-order valence-corrected chi connectivity index (χ3v) is 8.77. The van der Waals surface area contributed by atoms with Crippen molar-refractivity contribution < 1.29 is 37.4 Å². The monoisotopic (exact) mass is 691 g/mol. The largest absolute Gasteiger partial charge is 0.416 e. The van der Waals surface area contributed by atoms with Gasteiger partial charge in [0.15, 0.2) is 5.16 Å². The van der Waals surface area contributed by atoms with Crippen LogP contribution in [0.25, 0.3) is 11.1 Å². The number of hydrogen-bond acceptors (Lipinski definition) is 5. The zero-order chi connectivity index (χ0) is 44.2. The number of thioether (sulfide) groups is 1. The molecule has 1 atom stereocenters. The molecule has 0 aliphatic heterocycles. The number of likely N-dealkylation sites (N-methyl/N-ethyl adjacent to an activating group) is 1. The summed E-state index contributed by atoms with van der Waals surface area (Å²) in [7, 11) is 0. The minimum Gasteiger partial charge on any atom is -0.333 e. The number of carbonyl (C=O) groups excluding carboxylic acids is 1. The van der Waals surface area contributed by atoms with Crippen LogP contribution in [0.3, 0.4) is 0 Å². The maximum atomic E-state index is 14.7. The highest BCUT2D eigenvalue weighted by Gasteiger charge is 2.30. The Kier molecular flexibility index (Phi) is 7.56. The highest BCUT2D eigenvalue weighted by atomic mass is 32.2. The van der Waals surface area contributed by atoms with E-state index in [0.717, 1.165) is 35.8 Å². The lowest BCUT2D eigenvalue weighted by Crippen LogP contribution is -2.42. The summed E-state index contributed by atoms with van der Waals surface area (Å²) in [4.78, 5) is 33.9. The summed E-state index contributed by atoms with van der Waals surface area (Å²) >= 11 is 0.210. The van der Waals surface area contributed by atoms with Gasteiger partial charge in [0, 0.05) is 38.3 Å². The third kappa shape index (κ3) is 8.36. The first-order valence-corrected chi connectivity index (χ1v) is 15.8. The van der Waals surface area contributed by atoms with E-state index < -0.39 is 103 Å². The van der Waals surface area contributed by atoms with Crippen molar-refractivity contribution in [2.75, 3.05) is 26.1 Å². The number of hydrogen-bond donors (Lipinski definition) is 0. The van der Waals surface area contributed by atoms with Crippen LogP contribution in [-0.2, 0) is 36.1 Å². The van der Waals surface area contributed by atoms with E-state index in [2.05, 4.69) is 4.98 Å². The molecule has 0 saturated carbocycles. The predicted octanol–water partition coefficient (Wildman–Crippen LogP) is 7.78. The molecule has 6 nitrogen and oxygen atoms in total. The summed E-state index contributed by atoms with van der Waals surface area (Å²) in [5.74, 6) is -2.31. The van der Waals surface area contributed by atoms with Crippen LogP contribution in [0.15, 0.2) is 82.7 Å². The Labute approximate surface area is 298 Å². The van der Waals surface area contributed by atoms with Gasteiger partial charge < -0.3 is 14.4 Å². The number of rotatable bonds is 13. The molecular weight excluding hydrogens is 640 g/mol. The molecule has 4 aromatic rings. The van der Waals surface area contributed by atoms with Crippen molar-refractivity contribution in [2.24, 2.45) is 0 Å². The number of aromatic nitrogens is 2. The van der Waals surface area contributed by atoms with Crippen molar-refractivity contribution in [3.8, 4) is 11.1 Å². The summed E-state index contributed by atoms with van der Waals surface area (Å²) in [6.45, 7) is -2.38. The average Bonchev–Trinajstić information content (AvgIpc) is 3.62. The molecule has 254 valence electrons. The minimum atomic E-state index is -4.54. The molecule has 1 aliphatic rings. The van der Waals surface area contributed by atoms with Gasteiger partial charge in [0.05, 0.1) is 18.4 Å². The molecule has 0 spiro atoms. The van der Waals surface area contributed by atoms with Crippen LogP contribution in [0.5, 0.6) is 0 Å². The standard InChI is InChI=1S/C37H40F4N4O2S/c1-4-43(5-2)21-22-44(25(3)27-11-13-28(14-12-27)29-15-17-30(18-16-29)37(39,40)41)34(46)23-45-33-8-6-7-32(33)35(47)42-36(45)48-24-26-9-19-31(38)20-10-26/h9-20,25H,4-8,21-24H2,1-3H3/i4D2,5D2,9D,10D,19D,20D,24D2,25D. The lowest BCUT2D eigenvalue weighted by Gasteiger charge is -2.33. The maximum absolute atomic E-state index is 14.7. The van der Waals surface area contributed by atoms with Gasteiger partial charge in [-0.1, -0.05) is 74.1 Å². The molecule has 0 fully saturated rings. The van der Waals surface area contributed by atoms with Crippen LogP contribution in [0.2, 0.25) is 0 Å². The Morgan fingerprint density at radius 3 is 2.25 bits per heavy atom. The van der Waals surface area contributed by atoms with Gasteiger partial charge in [0.2, 0.25) is 5.91 Å². The van der Waals surface area contributed by atoms with Crippen LogP contribution < -0.4 is 5.56 Å². The molecular formula is C37H40F4N4O2S. The minimum absolute atomic E-state index is 0.209. The topological polar surface area (TPSA) is 58.4 Å². The third-order valence-electron chi connectivity index (χ3n) is 7.97. The van der Waals surface area contributed by atoms with Crippen molar-refractivity contribution in [3.05, 3.63) is 117 Å². The van der Waals surface area contributed by atoms with Crippen LogP contribution >= 0.6 is 11.8 Å². The van der Waals surface area contributed by atoms with E-state index in [1.54, 1.807) is 12.1 Å². The van der Waals surface area contributed by atoms with Gasteiger partial charge >= 0.3 is 6.18 Å². The normalized spacial score (nSPS) is 18.4. The number of carbonyl (C=O) groups is 1. The second-order valence-corrected chi connectivity index (χ2v) is 11.6. The number of benzene rings is 3. The summed E-state index contributed by atoms with van der Waals surface area (Å²) in [5.41, 5.74) is -3.55. The van der Waals surface area contributed by atoms with Gasteiger partial charge in [-0.25, -0.2) is 4.39 Å². The predicted molar refractivity (Wildman–Crippen MR) is 181 cm³/mol. The first-order chi connectivity index (χ1) is 27.1. The van der Waals surface area contributed by atoms with E-state index in [9.17, 15) is 28.5 Å². The SMILES string of the molecule is [2H]c1c([2H])c(C([2H])([2H])Sc2nc(=O)c3c(n2CC(=O)N(CCN(C([2H])([2H])C)C([2H])([2H])C)C([2H])(C)c2ccc(-c4ccc(C(F)(F)F)cc4)cc2)CCC3)c([2H])c([2H])c1F. The van der Waals surface area contributed by atoms with E-state index >= 15 is 0 Å². The molecule has 0 saturated heterocycles. The molecule has 5 rings (SSSR count). The number of nitrogens with zero attached hydrogens (tertiary/aromatic N) is 4. The van der Waals surface area contributed by atoms with Gasteiger partial charge in [0.25, 0.3) is 5.56 Å². The molecule has 0 radical (unpaired) electrons. The van der Waals surface area contributed by atoms with Gasteiger partial charge in [-0.05, 0) is 85.7 Å². The van der Waals surface area contributed by atoms with Crippen molar-refractivity contribution in [3.63, 3.8) is 0 Å². The second-order valence-electron chi connectivity index (χ2n) is 10.8. The lowest BCUT2D eigenvalue weighted by molar-refractivity contribution is -0.137. The fourth-order valence-electron chi connectivity index (χ4n) is 5.42. The van der Waals surface area contributed by atoms with Crippen molar-refractivity contribution in [1.29, 1.82) is 0 Å². The molecule has 3 aromatic carbocycles. The first kappa shape index (κ1) is 23.4. The number of alkyl halides is 3. The smallest absolute Gasteiger partial charge is 0.333 e. The Balaban J connectivity index is 1.58. The summed E-state index contributed by atoms with van der Waals surface area (Å²) in [6, 6.07) is 4.32. The fourth-order valence-corrected chi connectivity index (χ4v) is 6.13. The first-order valence-electron chi connectivity index (χ1n) is 20.5. The molecule has 1 aromatic heterocycles. The van der Waals surface area contributed by atoms with Crippen molar-refractivity contribution in [1.82, 2.24) is 19.4 Å². The quantitative estimate of drug-likeness (QED) is 0.0815. The van der Waals surface area contributed by atoms with E-state index in [-0.39, 0.29) is 40.9 Å². The summed E-state index contributed by atoms with van der Waals surface area (Å²) < 4.78 is 148. The van der Waals surface area contributed by atoms with Gasteiger partial charge in [0.1, 0.15) is 12.4 Å². The molecule has 1 amide bonds. The second kappa shape index (κ2) is 15.5. The van der Waals surface area contributed by atoms with E-state index in [4.69, 9.17) is 13.7 Å². The maximum Gasteiger partial charge on any atom is 0.416 e. The summed E-state index contributed by atoms with van der Waals surface area (Å²) in [5, 5.41) is -0.390. The van der Waals surface area contributed by atoms with Crippen LogP contribution in [-0.4, -0.2) is 51.3 Å². The zero-order valence-electron chi connectivity index (χ0n) is 37.4. The number of fused-ring (bicyclic) bond motifs is 1.